The Morgan fingerprint density at radius 3 is 2.53 bits per heavy atom. The Morgan fingerprint density at radius 1 is 1.37 bits per heavy atom. The molecule has 0 radical (unpaired) electrons. The van der Waals surface area contributed by atoms with Gasteiger partial charge in [-0.2, -0.15) is 0 Å². The van der Waals surface area contributed by atoms with Crippen LogP contribution in [0.1, 0.15) is 38.8 Å². The zero-order chi connectivity index (χ0) is 14.6. The van der Waals surface area contributed by atoms with Gasteiger partial charge in [0.15, 0.2) is 0 Å². The summed E-state index contributed by atoms with van der Waals surface area (Å²) >= 11 is 5.92. The molecule has 0 fully saturated rings. The predicted molar refractivity (Wildman–Crippen MR) is 80.4 cm³/mol. The molecule has 1 aromatic carbocycles. The van der Waals surface area contributed by atoms with E-state index in [9.17, 15) is 4.79 Å². The van der Waals surface area contributed by atoms with E-state index in [1.165, 1.54) is 0 Å². The Morgan fingerprint density at radius 2 is 2.00 bits per heavy atom. The highest BCUT2D eigenvalue weighted by molar-refractivity contribution is 6.30. The van der Waals surface area contributed by atoms with Crippen LogP contribution in [0.4, 0.5) is 0 Å². The SMILES string of the molecule is Cc1cc(Cl)ccc1CNC(C)C(=O)NC(C)(C)C. The first kappa shape index (κ1) is 16.0. The van der Waals surface area contributed by atoms with Crippen LogP contribution in [0, 0.1) is 6.92 Å². The Kier molecular flexibility index (Phi) is 5.39. The van der Waals surface area contributed by atoms with Gasteiger partial charge in [-0.3, -0.25) is 4.79 Å². The molecule has 1 atom stereocenters. The number of halogens is 1. The molecule has 1 unspecified atom stereocenters. The number of nitrogens with one attached hydrogen (secondary N) is 2. The largest absolute Gasteiger partial charge is 0.350 e. The molecule has 0 heterocycles. The average Bonchev–Trinajstić information content (AvgIpc) is 2.25. The second-order valence-corrected chi connectivity index (χ2v) is 6.35. The van der Waals surface area contributed by atoms with E-state index in [2.05, 4.69) is 10.6 Å². The fraction of sp³-hybridized carbons (Fsp3) is 0.533. The normalized spacial score (nSPS) is 13.2. The van der Waals surface area contributed by atoms with Gasteiger partial charge in [0.25, 0.3) is 0 Å². The average molecular weight is 283 g/mol. The molecular weight excluding hydrogens is 260 g/mol. The first-order chi connectivity index (χ1) is 8.69. The van der Waals surface area contributed by atoms with E-state index in [0.717, 1.165) is 16.1 Å². The van der Waals surface area contributed by atoms with Crippen LogP contribution in [0.3, 0.4) is 0 Å². The summed E-state index contributed by atoms with van der Waals surface area (Å²) in [5.74, 6) is 0.0131. The molecule has 3 nitrogen and oxygen atoms in total. The second kappa shape index (κ2) is 6.40. The van der Waals surface area contributed by atoms with E-state index in [1.807, 2.05) is 52.8 Å². The third-order valence-electron chi connectivity index (χ3n) is 2.79. The van der Waals surface area contributed by atoms with Crippen LogP contribution in [0.2, 0.25) is 5.02 Å². The van der Waals surface area contributed by atoms with Crippen LogP contribution in [0.15, 0.2) is 18.2 Å². The van der Waals surface area contributed by atoms with Gasteiger partial charge in [0.1, 0.15) is 0 Å². The topological polar surface area (TPSA) is 41.1 Å². The molecule has 0 bridgehead atoms. The molecule has 1 rings (SSSR count). The van der Waals surface area contributed by atoms with Crippen molar-refractivity contribution < 1.29 is 4.79 Å². The second-order valence-electron chi connectivity index (χ2n) is 5.91. The Labute approximate surface area is 120 Å². The summed E-state index contributed by atoms with van der Waals surface area (Å²) in [6.07, 6.45) is 0. The molecule has 1 amide bonds. The first-order valence-corrected chi connectivity index (χ1v) is 6.87. The minimum atomic E-state index is -0.227. The lowest BCUT2D eigenvalue weighted by atomic mass is 10.1. The molecule has 0 spiro atoms. The van der Waals surface area contributed by atoms with Crippen molar-refractivity contribution in [2.45, 2.75) is 52.7 Å². The van der Waals surface area contributed by atoms with E-state index >= 15 is 0 Å². The van der Waals surface area contributed by atoms with Crippen molar-refractivity contribution in [1.29, 1.82) is 0 Å². The highest BCUT2D eigenvalue weighted by atomic mass is 35.5. The van der Waals surface area contributed by atoms with Crippen molar-refractivity contribution in [2.24, 2.45) is 0 Å². The van der Waals surface area contributed by atoms with Crippen molar-refractivity contribution in [3.05, 3.63) is 34.3 Å². The number of benzene rings is 1. The van der Waals surface area contributed by atoms with Gasteiger partial charge in [0, 0.05) is 17.1 Å². The highest BCUT2D eigenvalue weighted by Crippen LogP contribution is 2.15. The lowest BCUT2D eigenvalue weighted by molar-refractivity contribution is -0.124. The first-order valence-electron chi connectivity index (χ1n) is 6.49. The van der Waals surface area contributed by atoms with Gasteiger partial charge in [-0.05, 0) is 57.9 Å². The number of rotatable bonds is 4. The summed E-state index contributed by atoms with van der Waals surface area (Å²) in [6.45, 7) is 10.5. The fourth-order valence-electron chi connectivity index (χ4n) is 1.69. The molecule has 19 heavy (non-hydrogen) atoms. The van der Waals surface area contributed by atoms with E-state index in [-0.39, 0.29) is 17.5 Å². The van der Waals surface area contributed by atoms with Gasteiger partial charge in [0.05, 0.1) is 6.04 Å². The lowest BCUT2D eigenvalue weighted by Crippen LogP contribution is -2.49. The molecule has 4 heteroatoms. The smallest absolute Gasteiger partial charge is 0.237 e. The maximum atomic E-state index is 11.9. The van der Waals surface area contributed by atoms with E-state index in [0.29, 0.717) is 6.54 Å². The summed E-state index contributed by atoms with van der Waals surface area (Å²) < 4.78 is 0. The summed E-state index contributed by atoms with van der Waals surface area (Å²) in [5.41, 5.74) is 2.08. The van der Waals surface area contributed by atoms with Crippen LogP contribution in [-0.2, 0) is 11.3 Å². The van der Waals surface area contributed by atoms with Crippen LogP contribution in [0.25, 0.3) is 0 Å². The Balaban J connectivity index is 2.54. The summed E-state index contributed by atoms with van der Waals surface area (Å²) in [4.78, 5) is 11.9. The molecule has 1 aromatic rings. The maximum absolute atomic E-state index is 11.9. The molecule has 106 valence electrons. The molecule has 0 aliphatic heterocycles. The van der Waals surface area contributed by atoms with Gasteiger partial charge < -0.3 is 10.6 Å². The third kappa shape index (κ3) is 5.62. The number of hydrogen-bond acceptors (Lipinski definition) is 2. The molecule has 2 N–H and O–H groups in total. The van der Waals surface area contributed by atoms with E-state index in [4.69, 9.17) is 11.6 Å². The van der Waals surface area contributed by atoms with Crippen molar-refractivity contribution in [3.8, 4) is 0 Å². The van der Waals surface area contributed by atoms with Gasteiger partial charge in [0.2, 0.25) is 5.91 Å². The van der Waals surface area contributed by atoms with Crippen LogP contribution in [-0.4, -0.2) is 17.5 Å². The molecule has 0 saturated carbocycles. The summed E-state index contributed by atoms with van der Waals surface area (Å²) in [7, 11) is 0. The van der Waals surface area contributed by atoms with Gasteiger partial charge >= 0.3 is 0 Å². The number of carbonyl (C=O) groups excluding carboxylic acids is 1. The molecule has 0 saturated heterocycles. The zero-order valence-corrected chi connectivity index (χ0v) is 13.1. The third-order valence-corrected chi connectivity index (χ3v) is 3.03. The Hall–Kier alpha value is -1.06. The lowest BCUT2D eigenvalue weighted by Gasteiger charge is -2.24. The number of aryl methyl sites for hydroxylation is 1. The molecule has 0 aromatic heterocycles. The van der Waals surface area contributed by atoms with Gasteiger partial charge in [-0.25, -0.2) is 0 Å². The molecule has 0 aliphatic carbocycles. The fourth-order valence-corrected chi connectivity index (χ4v) is 1.92. The maximum Gasteiger partial charge on any atom is 0.237 e. The molecular formula is C15H23ClN2O. The number of amides is 1. The summed E-state index contributed by atoms with van der Waals surface area (Å²) in [6, 6.07) is 5.55. The Bertz CT molecular complexity index is 452. The monoisotopic (exact) mass is 282 g/mol. The minimum absolute atomic E-state index is 0.0131. The zero-order valence-electron chi connectivity index (χ0n) is 12.3. The summed E-state index contributed by atoms with van der Waals surface area (Å²) in [5, 5.41) is 6.92. The molecule has 0 aliphatic rings. The van der Waals surface area contributed by atoms with E-state index in [1.54, 1.807) is 0 Å². The highest BCUT2D eigenvalue weighted by Gasteiger charge is 2.18. The quantitative estimate of drug-likeness (QED) is 0.891. The number of carbonyl (C=O) groups is 1. The van der Waals surface area contributed by atoms with E-state index < -0.39 is 0 Å². The minimum Gasteiger partial charge on any atom is -0.350 e. The van der Waals surface area contributed by atoms with Crippen molar-refractivity contribution >= 4 is 17.5 Å². The van der Waals surface area contributed by atoms with Gasteiger partial charge in [-0.1, -0.05) is 17.7 Å². The van der Waals surface area contributed by atoms with Crippen LogP contribution in [0.5, 0.6) is 0 Å². The number of hydrogen-bond donors (Lipinski definition) is 2. The van der Waals surface area contributed by atoms with Crippen molar-refractivity contribution in [3.63, 3.8) is 0 Å². The van der Waals surface area contributed by atoms with Gasteiger partial charge in [-0.15, -0.1) is 0 Å². The standard InChI is InChI=1S/C15H23ClN2O/c1-10-8-13(16)7-6-12(10)9-17-11(2)14(19)18-15(3,4)5/h6-8,11,17H,9H2,1-5H3,(H,18,19). The van der Waals surface area contributed by atoms with Crippen molar-refractivity contribution in [1.82, 2.24) is 10.6 Å². The predicted octanol–water partition coefficient (Wildman–Crippen LogP) is 3.04. The van der Waals surface area contributed by atoms with Crippen LogP contribution < -0.4 is 10.6 Å². The van der Waals surface area contributed by atoms with Crippen molar-refractivity contribution in [2.75, 3.05) is 0 Å². The van der Waals surface area contributed by atoms with Crippen LogP contribution >= 0.6 is 11.6 Å².